The van der Waals surface area contributed by atoms with Gasteiger partial charge in [0.15, 0.2) is 0 Å². The van der Waals surface area contributed by atoms with Gasteiger partial charge in [-0.2, -0.15) is 0 Å². The van der Waals surface area contributed by atoms with Crippen LogP contribution >= 0.6 is 0 Å². The summed E-state index contributed by atoms with van der Waals surface area (Å²) in [5.74, 6) is 2.25. The van der Waals surface area contributed by atoms with Gasteiger partial charge < -0.3 is 5.11 Å². The molecule has 6 atom stereocenters. The Kier molecular flexibility index (Phi) is 1.77. The number of carbonyl (C=O) groups is 1. The SMILES string of the molecule is O=C(O)[C@@]12C=C[C@@H](CC1)[C@H]1[C@@H]2[C@H]2C=C[C@@H]1CC2. The number of fused-ring (bicyclic) bond motifs is 2. The highest BCUT2D eigenvalue weighted by Crippen LogP contribution is 2.63. The molecule has 0 aromatic rings. The van der Waals surface area contributed by atoms with Crippen molar-refractivity contribution in [2.45, 2.75) is 25.7 Å². The molecule has 6 aliphatic carbocycles. The van der Waals surface area contributed by atoms with Gasteiger partial charge in [0.1, 0.15) is 0 Å². The fourth-order valence-corrected chi connectivity index (χ4v) is 5.14. The number of rotatable bonds is 1. The number of hydrogen-bond donors (Lipinski definition) is 1. The molecular formula is C15H18O2. The Balaban J connectivity index is 1.88. The number of carboxylic acids is 1. The van der Waals surface area contributed by atoms with E-state index in [1.807, 2.05) is 6.08 Å². The second-order valence-electron chi connectivity index (χ2n) is 6.30. The van der Waals surface area contributed by atoms with Gasteiger partial charge >= 0.3 is 5.97 Å². The topological polar surface area (TPSA) is 37.3 Å². The molecule has 0 aromatic carbocycles. The van der Waals surface area contributed by atoms with Crippen LogP contribution in [-0.2, 0) is 4.79 Å². The van der Waals surface area contributed by atoms with Gasteiger partial charge in [0.25, 0.3) is 0 Å². The molecule has 1 N–H and O–H groups in total. The highest BCUT2D eigenvalue weighted by Gasteiger charge is 2.60. The van der Waals surface area contributed by atoms with E-state index >= 15 is 0 Å². The molecule has 0 aromatic heterocycles. The average molecular weight is 230 g/mol. The summed E-state index contributed by atoms with van der Waals surface area (Å²) < 4.78 is 0. The largest absolute Gasteiger partial charge is 0.481 e. The first-order chi connectivity index (χ1) is 8.22. The monoisotopic (exact) mass is 230 g/mol. The maximum atomic E-state index is 11.8. The zero-order valence-corrected chi connectivity index (χ0v) is 9.88. The van der Waals surface area contributed by atoms with Gasteiger partial charge in [0.05, 0.1) is 5.41 Å². The minimum absolute atomic E-state index is 0.382. The van der Waals surface area contributed by atoms with Crippen LogP contribution in [-0.4, -0.2) is 11.1 Å². The normalized spacial score (nSPS) is 53.8. The van der Waals surface area contributed by atoms with Crippen molar-refractivity contribution in [1.82, 2.24) is 0 Å². The van der Waals surface area contributed by atoms with Crippen molar-refractivity contribution in [3.05, 3.63) is 24.3 Å². The maximum Gasteiger partial charge on any atom is 0.313 e. The molecule has 2 saturated carbocycles. The molecule has 90 valence electrons. The van der Waals surface area contributed by atoms with Crippen LogP contribution in [0, 0.1) is 35.0 Å². The van der Waals surface area contributed by atoms with Gasteiger partial charge in [-0.3, -0.25) is 4.79 Å². The summed E-state index contributed by atoms with van der Waals surface area (Å²) in [6, 6.07) is 0. The van der Waals surface area contributed by atoms with E-state index < -0.39 is 11.4 Å². The van der Waals surface area contributed by atoms with Crippen molar-refractivity contribution in [1.29, 1.82) is 0 Å². The van der Waals surface area contributed by atoms with Gasteiger partial charge in [-0.05, 0) is 55.3 Å². The Morgan fingerprint density at radius 2 is 1.76 bits per heavy atom. The first kappa shape index (κ1) is 9.93. The van der Waals surface area contributed by atoms with E-state index in [0.717, 1.165) is 12.8 Å². The van der Waals surface area contributed by atoms with E-state index in [0.29, 0.717) is 29.6 Å². The fraction of sp³-hybridized carbons (Fsp3) is 0.667. The first-order valence-electron chi connectivity index (χ1n) is 6.83. The molecule has 6 rings (SSSR count). The van der Waals surface area contributed by atoms with Gasteiger partial charge in [-0.1, -0.05) is 24.3 Å². The van der Waals surface area contributed by atoms with Crippen LogP contribution in [0.2, 0.25) is 0 Å². The van der Waals surface area contributed by atoms with E-state index in [1.165, 1.54) is 12.8 Å². The van der Waals surface area contributed by atoms with Gasteiger partial charge in [0, 0.05) is 0 Å². The van der Waals surface area contributed by atoms with Crippen molar-refractivity contribution in [3.63, 3.8) is 0 Å². The molecule has 17 heavy (non-hydrogen) atoms. The highest BCUT2D eigenvalue weighted by molar-refractivity contribution is 5.78. The summed E-state index contributed by atoms with van der Waals surface area (Å²) in [4.78, 5) is 11.8. The lowest BCUT2D eigenvalue weighted by molar-refractivity contribution is -0.161. The molecule has 2 nitrogen and oxygen atoms in total. The van der Waals surface area contributed by atoms with E-state index in [2.05, 4.69) is 18.2 Å². The van der Waals surface area contributed by atoms with Gasteiger partial charge in [-0.15, -0.1) is 0 Å². The Morgan fingerprint density at radius 3 is 2.35 bits per heavy atom. The van der Waals surface area contributed by atoms with Crippen molar-refractivity contribution in [2.24, 2.45) is 35.0 Å². The minimum Gasteiger partial charge on any atom is -0.481 e. The predicted octanol–water partition coefficient (Wildman–Crippen LogP) is 2.87. The third-order valence-corrected chi connectivity index (χ3v) is 5.83. The Bertz CT molecular complexity index is 436. The lowest BCUT2D eigenvalue weighted by atomic mass is 9.44. The smallest absolute Gasteiger partial charge is 0.313 e. The number of hydrogen-bond acceptors (Lipinski definition) is 1. The molecule has 0 aliphatic heterocycles. The predicted molar refractivity (Wildman–Crippen MR) is 64.3 cm³/mol. The molecule has 0 unspecified atom stereocenters. The summed E-state index contributed by atoms with van der Waals surface area (Å²) in [6.45, 7) is 0. The Labute approximate surface area is 101 Å². The average Bonchev–Trinajstić information content (AvgIpc) is 2.41. The quantitative estimate of drug-likeness (QED) is 0.703. The molecule has 6 aliphatic rings. The molecule has 0 radical (unpaired) electrons. The summed E-state index contributed by atoms with van der Waals surface area (Å²) in [5, 5.41) is 9.71. The van der Waals surface area contributed by atoms with Crippen LogP contribution < -0.4 is 0 Å². The molecule has 0 saturated heterocycles. The summed E-state index contributed by atoms with van der Waals surface area (Å²) in [5.41, 5.74) is -0.534. The summed E-state index contributed by atoms with van der Waals surface area (Å²) in [6.07, 6.45) is 13.4. The van der Waals surface area contributed by atoms with Crippen molar-refractivity contribution in [2.75, 3.05) is 0 Å². The van der Waals surface area contributed by atoms with Crippen LogP contribution in [0.15, 0.2) is 24.3 Å². The van der Waals surface area contributed by atoms with E-state index in [-0.39, 0.29) is 0 Å². The second kappa shape index (κ2) is 3.04. The van der Waals surface area contributed by atoms with Crippen LogP contribution in [0.1, 0.15) is 25.7 Å². The lowest BCUT2D eigenvalue weighted by Crippen LogP contribution is -2.57. The van der Waals surface area contributed by atoms with Crippen LogP contribution in [0.25, 0.3) is 0 Å². The number of allylic oxidation sites excluding steroid dienone is 3. The zero-order chi connectivity index (χ0) is 11.6. The van der Waals surface area contributed by atoms with E-state index in [4.69, 9.17) is 0 Å². The van der Waals surface area contributed by atoms with Gasteiger partial charge in [-0.25, -0.2) is 0 Å². The molecule has 2 fully saturated rings. The van der Waals surface area contributed by atoms with Crippen molar-refractivity contribution < 1.29 is 9.90 Å². The van der Waals surface area contributed by atoms with Crippen molar-refractivity contribution >= 4 is 5.97 Å². The van der Waals surface area contributed by atoms with Crippen LogP contribution in [0.4, 0.5) is 0 Å². The summed E-state index contributed by atoms with van der Waals surface area (Å²) in [7, 11) is 0. The van der Waals surface area contributed by atoms with E-state index in [9.17, 15) is 9.90 Å². The molecule has 4 bridgehead atoms. The Morgan fingerprint density at radius 1 is 1.06 bits per heavy atom. The zero-order valence-electron chi connectivity index (χ0n) is 9.88. The van der Waals surface area contributed by atoms with Crippen molar-refractivity contribution in [3.8, 4) is 0 Å². The first-order valence-corrected chi connectivity index (χ1v) is 6.83. The molecule has 0 spiro atoms. The van der Waals surface area contributed by atoms with E-state index in [1.54, 1.807) is 0 Å². The fourth-order valence-electron chi connectivity index (χ4n) is 5.14. The minimum atomic E-state index is -0.581. The third kappa shape index (κ3) is 1.05. The van der Waals surface area contributed by atoms with Crippen LogP contribution in [0.5, 0.6) is 0 Å². The standard InChI is InChI=1S/C15H18O2/c16-14(17)15-7-5-10(6-8-15)12-9-1-3-11(4-2-9)13(12)15/h1,3,5,7,9-13H,2,4,6,8H2,(H,16,17)/t9-,10+,11+,12+,13+,15+/m1/s1. The summed E-state index contributed by atoms with van der Waals surface area (Å²) >= 11 is 0. The number of carboxylic acid groups (broad SMARTS) is 1. The molecule has 0 heterocycles. The molecule has 0 amide bonds. The molecule has 2 heteroatoms. The highest BCUT2D eigenvalue weighted by atomic mass is 16.4. The number of aliphatic carboxylic acids is 1. The lowest BCUT2D eigenvalue weighted by Gasteiger charge is -2.59. The molecular weight excluding hydrogens is 212 g/mol. The maximum absolute atomic E-state index is 11.8. The second-order valence-corrected chi connectivity index (χ2v) is 6.30. The third-order valence-electron chi connectivity index (χ3n) is 5.83. The Hall–Kier alpha value is -1.05. The van der Waals surface area contributed by atoms with Gasteiger partial charge in [0.2, 0.25) is 0 Å². The van der Waals surface area contributed by atoms with Crippen LogP contribution in [0.3, 0.4) is 0 Å².